The average Bonchev–Trinajstić information content (AvgIpc) is 3.45. The standard InChI is InChI=1S/C20H24ClN6O6P/c21-20-23-18(22-13-6-5-10-3-1-2-4-12(10)13)15-19(24-20)27(26-25-15)14-7-11(16(28)17(14)29)8-33-9-34(30,31)32/h1-4,11,13-14,16-17,28-29H,5-9H2,(H,22,23,24)(H2,30,31,32)/t11-,13+,14-,16+,17+/m1/s1. The van der Waals surface area contributed by atoms with E-state index >= 15 is 0 Å². The molecule has 3 aromatic rings. The van der Waals surface area contributed by atoms with Gasteiger partial charge in [-0.1, -0.05) is 29.5 Å². The number of ether oxygens (including phenoxy) is 1. The van der Waals surface area contributed by atoms with Crippen molar-refractivity contribution in [2.24, 2.45) is 5.92 Å². The molecule has 0 amide bonds. The van der Waals surface area contributed by atoms with Crippen LogP contribution in [-0.2, 0) is 15.7 Å². The molecule has 1 saturated carbocycles. The fourth-order valence-corrected chi connectivity index (χ4v) is 5.34. The van der Waals surface area contributed by atoms with Gasteiger partial charge in [-0.25, -0.2) is 4.68 Å². The Morgan fingerprint density at radius 2 is 2.00 bits per heavy atom. The average molecular weight is 511 g/mol. The van der Waals surface area contributed by atoms with Crippen molar-refractivity contribution in [3.8, 4) is 0 Å². The van der Waals surface area contributed by atoms with Gasteiger partial charge in [-0.2, -0.15) is 9.97 Å². The number of benzene rings is 1. The fourth-order valence-electron chi connectivity index (χ4n) is 4.83. The fraction of sp³-hybridized carbons (Fsp3) is 0.500. The molecule has 1 aromatic carbocycles. The molecule has 14 heteroatoms. The summed E-state index contributed by atoms with van der Waals surface area (Å²) in [5, 5.41) is 32.9. The van der Waals surface area contributed by atoms with Gasteiger partial charge in [0.05, 0.1) is 24.8 Å². The quantitative estimate of drug-likeness (QED) is 0.229. The van der Waals surface area contributed by atoms with Crippen molar-refractivity contribution in [2.45, 2.75) is 43.6 Å². The third kappa shape index (κ3) is 4.55. The van der Waals surface area contributed by atoms with E-state index in [1.54, 1.807) is 0 Å². The lowest BCUT2D eigenvalue weighted by molar-refractivity contribution is -0.0128. The molecule has 2 heterocycles. The molecule has 0 radical (unpaired) electrons. The number of anilines is 1. The maximum atomic E-state index is 11.0. The van der Waals surface area contributed by atoms with Crippen molar-refractivity contribution >= 4 is 36.2 Å². The molecule has 12 nitrogen and oxygen atoms in total. The molecule has 2 aliphatic rings. The smallest absolute Gasteiger partial charge is 0.350 e. The zero-order valence-electron chi connectivity index (χ0n) is 17.9. The van der Waals surface area contributed by atoms with Crippen LogP contribution in [0, 0.1) is 5.92 Å². The van der Waals surface area contributed by atoms with E-state index in [2.05, 4.69) is 37.7 Å². The number of halogens is 1. The second-order valence-electron chi connectivity index (χ2n) is 8.69. The van der Waals surface area contributed by atoms with E-state index in [0.29, 0.717) is 17.0 Å². The van der Waals surface area contributed by atoms with Crippen LogP contribution in [0.25, 0.3) is 11.2 Å². The zero-order valence-corrected chi connectivity index (χ0v) is 19.5. The van der Waals surface area contributed by atoms with E-state index in [9.17, 15) is 14.8 Å². The van der Waals surface area contributed by atoms with Crippen molar-refractivity contribution in [3.63, 3.8) is 0 Å². The topological polar surface area (TPSA) is 176 Å². The van der Waals surface area contributed by atoms with Crippen LogP contribution in [0.15, 0.2) is 24.3 Å². The Balaban J connectivity index is 1.39. The molecule has 0 saturated heterocycles. The van der Waals surface area contributed by atoms with Gasteiger partial charge in [0.15, 0.2) is 17.0 Å². The summed E-state index contributed by atoms with van der Waals surface area (Å²) in [6.45, 7) is -0.129. The minimum Gasteiger partial charge on any atom is -0.390 e. The second-order valence-corrected chi connectivity index (χ2v) is 10.6. The van der Waals surface area contributed by atoms with E-state index in [-0.39, 0.29) is 24.4 Å². The molecule has 0 aliphatic heterocycles. The maximum absolute atomic E-state index is 11.0. The summed E-state index contributed by atoms with van der Waals surface area (Å²) in [4.78, 5) is 26.5. The predicted molar refractivity (Wildman–Crippen MR) is 121 cm³/mol. The highest BCUT2D eigenvalue weighted by atomic mass is 35.5. The van der Waals surface area contributed by atoms with Gasteiger partial charge < -0.3 is 30.1 Å². The number of hydrogen-bond donors (Lipinski definition) is 5. The third-order valence-corrected chi connectivity index (χ3v) is 7.11. The first kappa shape index (κ1) is 23.6. The van der Waals surface area contributed by atoms with Gasteiger partial charge in [-0.3, -0.25) is 4.57 Å². The number of rotatable bonds is 7. The highest BCUT2D eigenvalue weighted by Gasteiger charge is 2.44. The summed E-state index contributed by atoms with van der Waals surface area (Å²) < 4.78 is 17.5. The molecule has 34 heavy (non-hydrogen) atoms. The van der Waals surface area contributed by atoms with E-state index in [1.807, 2.05) is 12.1 Å². The molecular formula is C20H24ClN6O6P. The molecule has 2 aliphatic carbocycles. The van der Waals surface area contributed by atoms with Gasteiger partial charge in [0.25, 0.3) is 0 Å². The van der Waals surface area contributed by atoms with E-state index in [0.717, 1.165) is 12.8 Å². The number of nitrogens with zero attached hydrogens (tertiary/aromatic N) is 5. The molecule has 0 unspecified atom stereocenters. The predicted octanol–water partition coefficient (Wildman–Crippen LogP) is 1.41. The number of fused-ring (bicyclic) bond motifs is 2. The first-order valence-electron chi connectivity index (χ1n) is 10.8. The largest absolute Gasteiger partial charge is 0.390 e. The van der Waals surface area contributed by atoms with Gasteiger partial charge in [0.1, 0.15) is 12.5 Å². The highest BCUT2D eigenvalue weighted by molar-refractivity contribution is 7.51. The molecule has 0 spiro atoms. The summed E-state index contributed by atoms with van der Waals surface area (Å²) >= 11 is 6.21. The van der Waals surface area contributed by atoms with Crippen molar-refractivity contribution < 1.29 is 29.3 Å². The van der Waals surface area contributed by atoms with Crippen LogP contribution in [0.4, 0.5) is 5.82 Å². The summed E-state index contributed by atoms with van der Waals surface area (Å²) in [7, 11) is -4.33. The molecule has 2 aromatic heterocycles. The minimum atomic E-state index is -4.33. The summed E-state index contributed by atoms with van der Waals surface area (Å²) in [5.41, 5.74) is 3.15. The number of hydrogen-bond acceptors (Lipinski definition) is 9. The van der Waals surface area contributed by atoms with Gasteiger partial charge in [0.2, 0.25) is 5.28 Å². The van der Waals surface area contributed by atoms with Crippen LogP contribution in [-0.4, -0.2) is 70.1 Å². The van der Waals surface area contributed by atoms with E-state index < -0.39 is 38.1 Å². The van der Waals surface area contributed by atoms with Crippen molar-refractivity contribution in [2.75, 3.05) is 18.3 Å². The summed E-state index contributed by atoms with van der Waals surface area (Å²) in [5.74, 6) is -0.131. The van der Waals surface area contributed by atoms with Crippen molar-refractivity contribution in [1.82, 2.24) is 25.0 Å². The van der Waals surface area contributed by atoms with Crippen LogP contribution in [0.1, 0.15) is 36.1 Å². The molecule has 182 valence electrons. The zero-order chi connectivity index (χ0) is 24.0. The van der Waals surface area contributed by atoms with Gasteiger partial charge in [-0.05, 0) is 42.0 Å². The van der Waals surface area contributed by atoms with Gasteiger partial charge >= 0.3 is 7.60 Å². The minimum absolute atomic E-state index is 0.0144. The number of aryl methyl sites for hydroxylation is 1. The third-order valence-electron chi connectivity index (χ3n) is 6.42. The van der Waals surface area contributed by atoms with Crippen molar-refractivity contribution in [1.29, 1.82) is 0 Å². The van der Waals surface area contributed by atoms with Crippen molar-refractivity contribution in [3.05, 3.63) is 40.7 Å². The molecule has 5 atom stereocenters. The van der Waals surface area contributed by atoms with E-state index in [1.165, 1.54) is 15.8 Å². The van der Waals surface area contributed by atoms with E-state index in [4.69, 9.17) is 26.1 Å². The normalized spacial score (nSPS) is 26.8. The summed E-state index contributed by atoms with van der Waals surface area (Å²) in [6, 6.07) is 7.52. The Kier molecular flexibility index (Phi) is 6.32. The molecule has 0 bridgehead atoms. The maximum Gasteiger partial charge on any atom is 0.350 e. The highest BCUT2D eigenvalue weighted by Crippen LogP contribution is 2.40. The Morgan fingerprint density at radius 1 is 1.21 bits per heavy atom. The second kappa shape index (κ2) is 9.12. The van der Waals surface area contributed by atoms with Gasteiger partial charge in [0, 0.05) is 5.92 Å². The Hall–Kier alpha value is -2.18. The Morgan fingerprint density at radius 3 is 2.79 bits per heavy atom. The van der Waals surface area contributed by atoms with Crippen LogP contribution in [0.5, 0.6) is 0 Å². The lowest BCUT2D eigenvalue weighted by Gasteiger charge is -2.17. The number of aliphatic hydroxyl groups excluding tert-OH is 2. The van der Waals surface area contributed by atoms with Crippen LogP contribution >= 0.6 is 19.2 Å². The van der Waals surface area contributed by atoms with Crippen LogP contribution in [0.3, 0.4) is 0 Å². The first-order chi connectivity index (χ1) is 16.2. The number of aromatic nitrogens is 5. The van der Waals surface area contributed by atoms with Crippen LogP contribution in [0.2, 0.25) is 5.28 Å². The number of nitrogens with one attached hydrogen (secondary N) is 1. The Labute approximate surface area is 199 Å². The van der Waals surface area contributed by atoms with Gasteiger partial charge in [-0.15, -0.1) is 5.10 Å². The number of aliphatic hydroxyl groups is 2. The van der Waals surface area contributed by atoms with Crippen LogP contribution < -0.4 is 5.32 Å². The lowest BCUT2D eigenvalue weighted by Crippen LogP contribution is -2.31. The molecule has 5 rings (SSSR count). The molecular weight excluding hydrogens is 487 g/mol. The SMILES string of the molecule is O=P(O)(O)COC[C@H]1C[C@@H](n2nnc3c(N[C@H]4CCc5ccccc54)nc(Cl)nc32)[C@H](O)[C@H]1O. The molecule has 1 fully saturated rings. The molecule has 5 N–H and O–H groups in total. The monoisotopic (exact) mass is 510 g/mol. The first-order valence-corrected chi connectivity index (χ1v) is 13.0. The lowest BCUT2D eigenvalue weighted by atomic mass is 10.1. The summed E-state index contributed by atoms with van der Waals surface area (Å²) in [6.07, 6.45) is -1.07. The Bertz CT molecular complexity index is 1250.